The second-order valence-electron chi connectivity index (χ2n) is 3.77. The zero-order valence-corrected chi connectivity index (χ0v) is 10.8. The van der Waals surface area contributed by atoms with Crippen molar-refractivity contribution in [2.75, 3.05) is 33.4 Å². The van der Waals surface area contributed by atoms with Crippen molar-refractivity contribution in [3.63, 3.8) is 0 Å². The normalized spacial score (nSPS) is 10.2. The minimum absolute atomic E-state index is 0.183. The van der Waals surface area contributed by atoms with Gasteiger partial charge in [0.1, 0.15) is 12.3 Å². The first-order valence-corrected chi connectivity index (χ1v) is 5.57. The van der Waals surface area contributed by atoms with Gasteiger partial charge < -0.3 is 24.0 Å². The van der Waals surface area contributed by atoms with E-state index in [9.17, 15) is 9.59 Å². The molecule has 0 spiro atoms. The van der Waals surface area contributed by atoms with Gasteiger partial charge in [-0.05, 0) is 12.1 Å². The quantitative estimate of drug-likeness (QED) is 0.706. The molecule has 0 bridgehead atoms. The van der Waals surface area contributed by atoms with Crippen LogP contribution in [0.5, 0.6) is 5.88 Å². The highest BCUT2D eigenvalue weighted by molar-refractivity contribution is 5.82. The van der Waals surface area contributed by atoms with E-state index in [0.29, 0.717) is 5.76 Å². The van der Waals surface area contributed by atoms with E-state index in [1.165, 1.54) is 13.2 Å². The molecule has 0 aliphatic carbocycles. The van der Waals surface area contributed by atoms with Gasteiger partial charge in [-0.2, -0.15) is 0 Å². The third-order valence-corrected chi connectivity index (χ3v) is 2.19. The summed E-state index contributed by atoms with van der Waals surface area (Å²) < 4.78 is 14.7. The summed E-state index contributed by atoms with van der Waals surface area (Å²) in [6, 6.07) is 1.53. The molecule has 0 aliphatic heterocycles. The molecule has 106 valence electrons. The largest absolute Gasteiger partial charge is 0.480 e. The minimum atomic E-state index is -1.10. The molecule has 1 heterocycles. The van der Waals surface area contributed by atoms with Crippen LogP contribution in [0, 0.1) is 6.92 Å². The molecule has 1 rings (SSSR count). The van der Waals surface area contributed by atoms with E-state index in [2.05, 4.69) is 5.16 Å². The van der Waals surface area contributed by atoms with E-state index in [4.69, 9.17) is 19.1 Å². The van der Waals surface area contributed by atoms with Crippen molar-refractivity contribution >= 4 is 11.9 Å². The van der Waals surface area contributed by atoms with Crippen molar-refractivity contribution < 1.29 is 28.7 Å². The van der Waals surface area contributed by atoms with Crippen LogP contribution in [0.3, 0.4) is 0 Å². The van der Waals surface area contributed by atoms with Gasteiger partial charge in [0.25, 0.3) is 11.8 Å². The van der Waals surface area contributed by atoms with Crippen LogP contribution >= 0.6 is 0 Å². The number of hydrogen-bond acceptors (Lipinski definition) is 6. The Kier molecular flexibility index (Phi) is 5.80. The van der Waals surface area contributed by atoms with E-state index in [-0.39, 0.29) is 25.6 Å². The lowest BCUT2D eigenvalue weighted by atomic mass is 10.4. The summed E-state index contributed by atoms with van der Waals surface area (Å²) in [7, 11) is 1.47. The Morgan fingerprint density at radius 1 is 1.53 bits per heavy atom. The monoisotopic (exact) mass is 272 g/mol. The van der Waals surface area contributed by atoms with E-state index in [1.54, 1.807) is 6.92 Å². The number of ether oxygens (including phenoxy) is 2. The number of aliphatic carboxylic acids is 1. The fourth-order valence-corrected chi connectivity index (χ4v) is 1.30. The lowest BCUT2D eigenvalue weighted by Gasteiger charge is -2.19. The van der Waals surface area contributed by atoms with Crippen LogP contribution in [0.1, 0.15) is 5.76 Å². The van der Waals surface area contributed by atoms with E-state index in [1.807, 2.05) is 0 Å². The SMILES string of the molecule is COCCN(CC(=O)O)C(=O)COc1cc(C)on1. The van der Waals surface area contributed by atoms with E-state index in [0.717, 1.165) is 4.90 Å². The summed E-state index contributed by atoms with van der Waals surface area (Å²) in [4.78, 5) is 23.6. The van der Waals surface area contributed by atoms with Crippen LogP contribution in [-0.4, -0.2) is 60.5 Å². The van der Waals surface area contributed by atoms with Crippen LogP contribution in [0.2, 0.25) is 0 Å². The number of methoxy groups -OCH3 is 1. The first-order chi connectivity index (χ1) is 9.02. The number of amides is 1. The van der Waals surface area contributed by atoms with Gasteiger partial charge in [-0.15, -0.1) is 0 Å². The molecule has 0 aliphatic rings. The van der Waals surface area contributed by atoms with Crippen LogP contribution < -0.4 is 4.74 Å². The molecule has 8 nitrogen and oxygen atoms in total. The Balaban J connectivity index is 2.48. The third-order valence-electron chi connectivity index (χ3n) is 2.19. The number of carboxylic acids is 1. The molecule has 1 amide bonds. The van der Waals surface area contributed by atoms with Gasteiger partial charge in [-0.3, -0.25) is 9.59 Å². The summed E-state index contributed by atoms with van der Waals surface area (Å²) in [6.45, 7) is 1.42. The molecule has 0 unspecified atom stereocenters. The first kappa shape index (κ1) is 15.0. The zero-order valence-electron chi connectivity index (χ0n) is 10.8. The molecule has 0 aromatic carbocycles. The van der Waals surface area contributed by atoms with Gasteiger partial charge >= 0.3 is 5.97 Å². The summed E-state index contributed by atoms with van der Waals surface area (Å²) in [5, 5.41) is 12.3. The Morgan fingerprint density at radius 3 is 2.79 bits per heavy atom. The van der Waals surface area contributed by atoms with Gasteiger partial charge in [-0.25, -0.2) is 0 Å². The molecule has 0 saturated heterocycles. The average molecular weight is 272 g/mol. The van der Waals surface area contributed by atoms with Gasteiger partial charge in [0.05, 0.1) is 6.61 Å². The maximum absolute atomic E-state index is 11.8. The Bertz CT molecular complexity index is 431. The number of aryl methyl sites for hydroxylation is 1. The van der Waals surface area contributed by atoms with Gasteiger partial charge in [0.15, 0.2) is 6.61 Å². The summed E-state index contributed by atoms with van der Waals surface area (Å²) in [6.07, 6.45) is 0. The molecule has 1 aromatic heterocycles. The molecule has 8 heteroatoms. The summed E-state index contributed by atoms with van der Waals surface area (Å²) >= 11 is 0. The number of carbonyl (C=O) groups excluding carboxylic acids is 1. The molecule has 0 saturated carbocycles. The predicted octanol–water partition coefficient (Wildman–Crippen LogP) is -0.0786. The van der Waals surface area contributed by atoms with Gasteiger partial charge in [0, 0.05) is 19.7 Å². The lowest BCUT2D eigenvalue weighted by Crippen LogP contribution is -2.40. The summed E-state index contributed by atoms with van der Waals surface area (Å²) in [5.41, 5.74) is 0. The highest BCUT2D eigenvalue weighted by atomic mass is 16.5. The number of aromatic nitrogens is 1. The fraction of sp³-hybridized carbons (Fsp3) is 0.545. The molecule has 1 N–H and O–H groups in total. The Hall–Kier alpha value is -2.09. The molecular formula is C11H16N2O6. The standard InChI is InChI=1S/C11H16N2O6/c1-8-5-9(12-19-8)18-7-10(14)13(3-4-17-2)6-11(15)16/h5H,3-4,6-7H2,1-2H3,(H,15,16). The second-order valence-corrected chi connectivity index (χ2v) is 3.77. The van der Waals surface area contributed by atoms with Crippen molar-refractivity contribution in [3.05, 3.63) is 11.8 Å². The Morgan fingerprint density at radius 2 is 2.26 bits per heavy atom. The number of rotatable bonds is 8. The predicted molar refractivity (Wildman–Crippen MR) is 62.8 cm³/mol. The number of carbonyl (C=O) groups is 2. The zero-order chi connectivity index (χ0) is 14.3. The number of hydrogen-bond donors (Lipinski definition) is 1. The average Bonchev–Trinajstić information content (AvgIpc) is 2.77. The van der Waals surface area contributed by atoms with Crippen LogP contribution in [0.25, 0.3) is 0 Å². The molecule has 19 heavy (non-hydrogen) atoms. The van der Waals surface area contributed by atoms with Crippen molar-refractivity contribution in [1.29, 1.82) is 0 Å². The van der Waals surface area contributed by atoms with Crippen LogP contribution in [-0.2, 0) is 14.3 Å². The number of nitrogens with zero attached hydrogens (tertiary/aromatic N) is 2. The third kappa shape index (κ3) is 5.38. The van der Waals surface area contributed by atoms with Crippen molar-refractivity contribution in [2.45, 2.75) is 6.92 Å². The number of carboxylic acid groups (broad SMARTS) is 1. The van der Waals surface area contributed by atoms with Crippen molar-refractivity contribution in [2.24, 2.45) is 0 Å². The molecule has 0 radical (unpaired) electrons. The molecule has 0 fully saturated rings. The smallest absolute Gasteiger partial charge is 0.323 e. The first-order valence-electron chi connectivity index (χ1n) is 5.57. The van der Waals surface area contributed by atoms with E-state index < -0.39 is 18.4 Å². The lowest BCUT2D eigenvalue weighted by molar-refractivity contribution is -0.145. The van der Waals surface area contributed by atoms with Crippen LogP contribution in [0.4, 0.5) is 0 Å². The highest BCUT2D eigenvalue weighted by Gasteiger charge is 2.17. The van der Waals surface area contributed by atoms with Crippen molar-refractivity contribution in [1.82, 2.24) is 10.1 Å². The van der Waals surface area contributed by atoms with Gasteiger partial charge in [-0.1, -0.05) is 0 Å². The maximum atomic E-state index is 11.8. The fourth-order valence-electron chi connectivity index (χ4n) is 1.30. The molecular weight excluding hydrogens is 256 g/mol. The topological polar surface area (TPSA) is 102 Å². The Labute approximate surface area is 109 Å². The van der Waals surface area contributed by atoms with Crippen molar-refractivity contribution in [3.8, 4) is 5.88 Å². The van der Waals surface area contributed by atoms with Crippen LogP contribution in [0.15, 0.2) is 10.6 Å². The van der Waals surface area contributed by atoms with E-state index >= 15 is 0 Å². The molecule has 1 aromatic rings. The maximum Gasteiger partial charge on any atom is 0.323 e. The molecule has 0 atom stereocenters. The highest BCUT2D eigenvalue weighted by Crippen LogP contribution is 2.09. The summed E-state index contributed by atoms with van der Waals surface area (Å²) in [5.74, 6) is -0.807. The minimum Gasteiger partial charge on any atom is -0.480 e. The second kappa shape index (κ2) is 7.37. The van der Waals surface area contributed by atoms with Gasteiger partial charge in [0.2, 0.25) is 0 Å².